The molecular weight excluding hydrogens is 338 g/mol. The van der Waals surface area contributed by atoms with Crippen molar-refractivity contribution in [3.63, 3.8) is 0 Å². The van der Waals surface area contributed by atoms with E-state index in [1.165, 1.54) is 49.7 Å². The van der Waals surface area contributed by atoms with E-state index in [0.29, 0.717) is 13.0 Å². The van der Waals surface area contributed by atoms with Gasteiger partial charge in [-0.05, 0) is 62.1 Å². The summed E-state index contributed by atoms with van der Waals surface area (Å²) in [5, 5.41) is 8.86. The number of urea groups is 1. The first kappa shape index (κ1) is 19.7. The van der Waals surface area contributed by atoms with Crippen LogP contribution in [0.5, 0.6) is 0 Å². The van der Waals surface area contributed by atoms with Crippen molar-refractivity contribution in [3.8, 4) is 0 Å². The molecule has 3 N–H and O–H groups in total. The molecule has 1 saturated carbocycles. The zero-order chi connectivity index (χ0) is 19.1. The summed E-state index contributed by atoms with van der Waals surface area (Å²) in [7, 11) is 0. The van der Waals surface area contributed by atoms with Gasteiger partial charge in [0.05, 0.1) is 6.04 Å². The van der Waals surface area contributed by atoms with E-state index < -0.39 is 0 Å². The maximum Gasteiger partial charge on any atom is 0.315 e. The summed E-state index contributed by atoms with van der Waals surface area (Å²) in [6.45, 7) is 2.38. The molecule has 1 atom stereocenters. The van der Waals surface area contributed by atoms with Crippen LogP contribution in [0.1, 0.15) is 81.0 Å². The zero-order valence-corrected chi connectivity index (χ0v) is 16.5. The van der Waals surface area contributed by atoms with Crippen molar-refractivity contribution >= 4 is 11.9 Å². The third-order valence-electron chi connectivity index (χ3n) is 5.83. The first-order valence-electron chi connectivity index (χ1n) is 10.6. The van der Waals surface area contributed by atoms with Gasteiger partial charge < -0.3 is 16.0 Å². The molecule has 3 amide bonds. The molecule has 148 valence electrons. The number of benzene rings is 1. The van der Waals surface area contributed by atoms with E-state index in [1.807, 2.05) is 6.92 Å². The van der Waals surface area contributed by atoms with Gasteiger partial charge in [0.15, 0.2) is 0 Å². The minimum Gasteiger partial charge on any atom is -0.350 e. The zero-order valence-electron chi connectivity index (χ0n) is 16.5. The number of hydrogen-bond donors (Lipinski definition) is 3. The Morgan fingerprint density at radius 2 is 1.78 bits per heavy atom. The van der Waals surface area contributed by atoms with Crippen LogP contribution in [0.15, 0.2) is 18.2 Å². The highest BCUT2D eigenvalue weighted by Gasteiger charge is 2.16. The minimum absolute atomic E-state index is 0.0132. The summed E-state index contributed by atoms with van der Waals surface area (Å²) >= 11 is 0. The maximum atomic E-state index is 12.2. The molecule has 2 aliphatic rings. The summed E-state index contributed by atoms with van der Waals surface area (Å²) in [6.07, 6.45) is 10.9. The average molecular weight is 372 g/mol. The SMILES string of the molecule is C[C@H](NC(=O)CCNC(=O)NC1CCCCC1)c1ccc2c(c1)CCCC2. The van der Waals surface area contributed by atoms with Crippen LogP contribution in [0.25, 0.3) is 0 Å². The lowest BCUT2D eigenvalue weighted by molar-refractivity contribution is -0.121. The van der Waals surface area contributed by atoms with Gasteiger partial charge in [-0.15, -0.1) is 0 Å². The molecule has 1 fully saturated rings. The molecule has 5 nitrogen and oxygen atoms in total. The smallest absolute Gasteiger partial charge is 0.315 e. The van der Waals surface area contributed by atoms with Gasteiger partial charge in [0.2, 0.25) is 5.91 Å². The molecule has 0 radical (unpaired) electrons. The average Bonchev–Trinajstić information content (AvgIpc) is 2.68. The minimum atomic E-state index is -0.155. The van der Waals surface area contributed by atoms with Gasteiger partial charge in [0, 0.05) is 19.0 Å². The molecule has 0 aliphatic heterocycles. The van der Waals surface area contributed by atoms with Gasteiger partial charge >= 0.3 is 6.03 Å². The Morgan fingerprint density at radius 3 is 2.56 bits per heavy atom. The second-order valence-corrected chi connectivity index (χ2v) is 8.01. The van der Waals surface area contributed by atoms with E-state index in [2.05, 4.69) is 34.1 Å². The maximum absolute atomic E-state index is 12.2. The molecule has 1 aromatic rings. The second-order valence-electron chi connectivity index (χ2n) is 8.01. The highest BCUT2D eigenvalue weighted by molar-refractivity contribution is 5.78. The Bertz CT molecular complexity index is 653. The predicted octanol–water partition coefficient (Wildman–Crippen LogP) is 3.76. The summed E-state index contributed by atoms with van der Waals surface area (Å²) in [5.74, 6) is -0.0295. The van der Waals surface area contributed by atoms with E-state index in [-0.39, 0.29) is 24.0 Å². The Labute approximate surface area is 162 Å². The van der Waals surface area contributed by atoms with Gasteiger partial charge in [-0.1, -0.05) is 37.5 Å². The van der Waals surface area contributed by atoms with Crippen molar-refractivity contribution in [2.75, 3.05) is 6.54 Å². The number of rotatable bonds is 6. The first-order chi connectivity index (χ1) is 13.1. The fourth-order valence-corrected chi connectivity index (χ4v) is 4.19. The number of carbonyl (C=O) groups is 2. The Hall–Kier alpha value is -2.04. The quantitative estimate of drug-likeness (QED) is 0.712. The van der Waals surface area contributed by atoms with Crippen molar-refractivity contribution in [1.82, 2.24) is 16.0 Å². The van der Waals surface area contributed by atoms with E-state index in [4.69, 9.17) is 0 Å². The van der Waals surface area contributed by atoms with Crippen LogP contribution in [-0.4, -0.2) is 24.5 Å². The summed E-state index contributed by atoms with van der Waals surface area (Å²) in [4.78, 5) is 24.1. The molecule has 5 heteroatoms. The third kappa shape index (κ3) is 5.98. The predicted molar refractivity (Wildman–Crippen MR) is 108 cm³/mol. The van der Waals surface area contributed by atoms with Gasteiger partial charge in [0.25, 0.3) is 0 Å². The Balaban J connectivity index is 1.37. The molecule has 0 unspecified atom stereocenters. The molecule has 3 rings (SSSR count). The third-order valence-corrected chi connectivity index (χ3v) is 5.83. The number of hydrogen-bond acceptors (Lipinski definition) is 2. The molecule has 1 aromatic carbocycles. The number of fused-ring (bicyclic) bond motifs is 1. The van der Waals surface area contributed by atoms with Crippen LogP contribution < -0.4 is 16.0 Å². The van der Waals surface area contributed by atoms with E-state index in [9.17, 15) is 9.59 Å². The number of aryl methyl sites for hydroxylation is 2. The summed E-state index contributed by atoms with van der Waals surface area (Å²) in [6, 6.07) is 6.71. The largest absolute Gasteiger partial charge is 0.350 e. The Morgan fingerprint density at radius 1 is 1.04 bits per heavy atom. The van der Waals surface area contributed by atoms with Gasteiger partial charge in [-0.25, -0.2) is 4.79 Å². The highest BCUT2D eigenvalue weighted by atomic mass is 16.2. The fourth-order valence-electron chi connectivity index (χ4n) is 4.19. The van der Waals surface area contributed by atoms with Gasteiger partial charge in [-0.2, -0.15) is 0 Å². The topological polar surface area (TPSA) is 70.2 Å². The van der Waals surface area contributed by atoms with Crippen molar-refractivity contribution in [3.05, 3.63) is 34.9 Å². The molecular formula is C22H33N3O2. The lowest BCUT2D eigenvalue weighted by Gasteiger charge is -2.23. The lowest BCUT2D eigenvalue weighted by Crippen LogP contribution is -2.43. The molecule has 2 aliphatic carbocycles. The van der Waals surface area contributed by atoms with Crippen LogP contribution in [0.2, 0.25) is 0 Å². The molecule has 27 heavy (non-hydrogen) atoms. The molecule has 0 heterocycles. The molecule has 0 aromatic heterocycles. The number of amides is 3. The van der Waals surface area contributed by atoms with Crippen LogP contribution in [0, 0.1) is 0 Å². The standard InChI is InChI=1S/C22H33N3O2/c1-16(18-12-11-17-7-5-6-8-19(17)15-18)24-21(26)13-14-23-22(27)25-20-9-3-2-4-10-20/h11-12,15-16,20H,2-10,13-14H2,1H3,(H,24,26)(H2,23,25,27)/t16-/m0/s1. The second kappa shape index (κ2) is 9.77. The van der Waals surface area contributed by atoms with E-state index in [0.717, 1.165) is 24.8 Å². The Kier molecular flexibility index (Phi) is 7.13. The summed E-state index contributed by atoms with van der Waals surface area (Å²) in [5.41, 5.74) is 4.05. The lowest BCUT2D eigenvalue weighted by atomic mass is 9.89. The highest BCUT2D eigenvalue weighted by Crippen LogP contribution is 2.24. The van der Waals surface area contributed by atoms with Crippen LogP contribution in [-0.2, 0) is 17.6 Å². The van der Waals surface area contributed by atoms with Gasteiger partial charge in [0.1, 0.15) is 0 Å². The fraction of sp³-hybridized carbons (Fsp3) is 0.636. The molecule has 0 bridgehead atoms. The van der Waals surface area contributed by atoms with Gasteiger partial charge in [-0.3, -0.25) is 4.79 Å². The van der Waals surface area contributed by atoms with E-state index >= 15 is 0 Å². The number of carbonyl (C=O) groups excluding carboxylic acids is 2. The van der Waals surface area contributed by atoms with Crippen molar-refractivity contribution < 1.29 is 9.59 Å². The monoisotopic (exact) mass is 371 g/mol. The van der Waals surface area contributed by atoms with Crippen LogP contribution in [0.4, 0.5) is 4.79 Å². The van der Waals surface area contributed by atoms with Crippen molar-refractivity contribution in [1.29, 1.82) is 0 Å². The number of nitrogens with one attached hydrogen (secondary N) is 3. The van der Waals surface area contributed by atoms with Crippen molar-refractivity contribution in [2.45, 2.75) is 83.2 Å². The molecule has 0 spiro atoms. The molecule has 0 saturated heterocycles. The van der Waals surface area contributed by atoms with E-state index in [1.54, 1.807) is 0 Å². The van der Waals surface area contributed by atoms with Crippen LogP contribution >= 0.6 is 0 Å². The normalized spacial score (nSPS) is 18.3. The van der Waals surface area contributed by atoms with Crippen molar-refractivity contribution in [2.24, 2.45) is 0 Å². The first-order valence-corrected chi connectivity index (χ1v) is 10.6. The van der Waals surface area contributed by atoms with Crippen LogP contribution in [0.3, 0.4) is 0 Å². The summed E-state index contributed by atoms with van der Waals surface area (Å²) < 4.78 is 0.